The molecule has 2 heterocycles. The van der Waals surface area contributed by atoms with Gasteiger partial charge in [-0.3, -0.25) is 14.9 Å². The molecular weight excluding hydrogens is 451 g/mol. The Hall–Kier alpha value is -4.86. The van der Waals surface area contributed by atoms with Gasteiger partial charge >= 0.3 is 0 Å². The smallest absolute Gasteiger partial charge is 0.275 e. The Morgan fingerprint density at radius 1 is 1.06 bits per heavy atom. The number of hydrogen-bond acceptors (Lipinski definition) is 6. The summed E-state index contributed by atoms with van der Waals surface area (Å²) in [5.41, 5.74) is 2.01. The molecule has 0 saturated carbocycles. The van der Waals surface area contributed by atoms with Crippen LogP contribution in [0, 0.1) is 15.9 Å². The summed E-state index contributed by atoms with van der Waals surface area (Å²) in [4.78, 5) is 29.4. The van der Waals surface area contributed by atoms with E-state index in [1.54, 1.807) is 61.5 Å². The van der Waals surface area contributed by atoms with E-state index in [-0.39, 0.29) is 22.6 Å². The number of halogens is 1. The van der Waals surface area contributed by atoms with Crippen molar-refractivity contribution in [2.24, 2.45) is 0 Å². The number of amides is 1. The van der Waals surface area contributed by atoms with E-state index in [0.29, 0.717) is 22.9 Å². The van der Waals surface area contributed by atoms with Crippen LogP contribution in [0.5, 0.6) is 0 Å². The van der Waals surface area contributed by atoms with Crippen LogP contribution in [0.1, 0.15) is 18.5 Å². The Balaban J connectivity index is 1.66. The summed E-state index contributed by atoms with van der Waals surface area (Å²) in [6, 6.07) is 19.9. The van der Waals surface area contributed by atoms with Crippen molar-refractivity contribution >= 4 is 23.2 Å². The Morgan fingerprint density at radius 2 is 1.74 bits per heavy atom. The maximum Gasteiger partial charge on any atom is 0.275 e. The van der Waals surface area contributed by atoms with Gasteiger partial charge in [-0.25, -0.2) is 9.07 Å². The molecule has 1 aromatic heterocycles. The number of benzene rings is 3. The van der Waals surface area contributed by atoms with Crippen LogP contribution in [0.4, 0.5) is 21.7 Å². The average molecular weight is 470 g/mol. The molecular formula is C25H19FN6O3. The van der Waals surface area contributed by atoms with Gasteiger partial charge in [0.25, 0.3) is 11.6 Å². The Kier molecular flexibility index (Phi) is 5.54. The molecule has 174 valence electrons. The van der Waals surface area contributed by atoms with Crippen LogP contribution in [-0.4, -0.2) is 25.6 Å². The van der Waals surface area contributed by atoms with Crippen molar-refractivity contribution in [3.63, 3.8) is 0 Å². The Morgan fingerprint density at radius 3 is 2.46 bits per heavy atom. The quantitative estimate of drug-likeness (QED) is 0.316. The van der Waals surface area contributed by atoms with Crippen molar-refractivity contribution in [2.75, 3.05) is 10.6 Å². The Bertz CT molecular complexity index is 1460. The number of hydrogen-bond donors (Lipinski definition) is 2. The first kappa shape index (κ1) is 22.0. The highest BCUT2D eigenvalue weighted by Crippen LogP contribution is 2.40. The number of nitro benzene ring substituents is 1. The molecule has 1 unspecified atom stereocenters. The summed E-state index contributed by atoms with van der Waals surface area (Å²) < 4.78 is 14.9. The molecule has 0 fully saturated rings. The highest BCUT2D eigenvalue weighted by atomic mass is 19.1. The van der Waals surface area contributed by atoms with Gasteiger partial charge in [-0.1, -0.05) is 30.3 Å². The van der Waals surface area contributed by atoms with E-state index in [1.165, 1.54) is 22.9 Å². The molecule has 3 aromatic carbocycles. The first-order valence-corrected chi connectivity index (χ1v) is 10.7. The molecule has 10 heteroatoms. The lowest BCUT2D eigenvalue weighted by molar-refractivity contribution is -0.385. The van der Waals surface area contributed by atoms with E-state index in [2.05, 4.69) is 20.7 Å². The first-order valence-electron chi connectivity index (χ1n) is 10.7. The zero-order chi connectivity index (χ0) is 24.5. The predicted octanol–water partition coefficient (Wildman–Crippen LogP) is 4.92. The summed E-state index contributed by atoms with van der Waals surface area (Å²) >= 11 is 0. The molecule has 0 aliphatic carbocycles. The molecule has 1 aliphatic heterocycles. The SMILES string of the molecule is CC1=C(C(=O)Nc2ccccc2)C(c2ccccc2[N+](=O)[O-])n2nc(-c3ccc(F)cc3)nc2N1. The largest absolute Gasteiger partial charge is 0.328 e. The van der Waals surface area contributed by atoms with Crippen molar-refractivity contribution in [3.8, 4) is 11.4 Å². The van der Waals surface area contributed by atoms with E-state index in [1.807, 2.05) is 6.07 Å². The lowest BCUT2D eigenvalue weighted by atomic mass is 9.93. The van der Waals surface area contributed by atoms with Crippen LogP contribution in [0.15, 0.2) is 90.1 Å². The molecule has 1 amide bonds. The zero-order valence-corrected chi connectivity index (χ0v) is 18.5. The third-order valence-electron chi connectivity index (χ3n) is 5.66. The molecule has 2 N–H and O–H groups in total. The van der Waals surface area contributed by atoms with Crippen molar-refractivity contribution in [1.29, 1.82) is 0 Å². The van der Waals surface area contributed by atoms with Gasteiger partial charge in [0.2, 0.25) is 5.95 Å². The molecule has 1 aliphatic rings. The monoisotopic (exact) mass is 470 g/mol. The molecule has 35 heavy (non-hydrogen) atoms. The second-order valence-corrected chi connectivity index (χ2v) is 7.91. The van der Waals surface area contributed by atoms with Crippen molar-refractivity contribution < 1.29 is 14.1 Å². The number of nitrogens with zero attached hydrogens (tertiary/aromatic N) is 4. The number of rotatable bonds is 5. The third-order valence-corrected chi connectivity index (χ3v) is 5.66. The number of fused-ring (bicyclic) bond motifs is 1. The fraction of sp³-hybridized carbons (Fsp3) is 0.0800. The number of anilines is 2. The van der Waals surface area contributed by atoms with Gasteiger partial charge in [-0.05, 0) is 49.4 Å². The lowest BCUT2D eigenvalue weighted by Crippen LogP contribution is -2.31. The van der Waals surface area contributed by atoms with Crippen LogP contribution in [0.25, 0.3) is 11.4 Å². The number of nitrogens with one attached hydrogen (secondary N) is 2. The summed E-state index contributed by atoms with van der Waals surface area (Å²) in [6.45, 7) is 1.71. The van der Waals surface area contributed by atoms with E-state index in [0.717, 1.165) is 0 Å². The minimum absolute atomic E-state index is 0.151. The lowest BCUT2D eigenvalue weighted by Gasteiger charge is -2.28. The number of nitro groups is 1. The Labute approximate surface area is 199 Å². The van der Waals surface area contributed by atoms with E-state index >= 15 is 0 Å². The van der Waals surface area contributed by atoms with Crippen LogP contribution in [-0.2, 0) is 4.79 Å². The van der Waals surface area contributed by atoms with Gasteiger partial charge in [0.15, 0.2) is 5.82 Å². The maximum atomic E-state index is 13.5. The molecule has 1 atom stereocenters. The van der Waals surface area contributed by atoms with Crippen LogP contribution in [0.2, 0.25) is 0 Å². The van der Waals surface area contributed by atoms with Crippen molar-refractivity contribution in [2.45, 2.75) is 13.0 Å². The van der Waals surface area contributed by atoms with Gasteiger partial charge in [0.1, 0.15) is 11.9 Å². The van der Waals surface area contributed by atoms with Crippen LogP contribution in [0.3, 0.4) is 0 Å². The number of aromatic nitrogens is 3. The standard InChI is InChI=1S/C25H19FN6O3/c1-15-21(24(33)28-18-7-3-2-4-8-18)22(19-9-5-6-10-20(19)32(34)35)31-25(27-15)29-23(30-31)16-11-13-17(26)14-12-16/h2-14,22H,1H3,(H,28,33)(H,27,29,30). The first-order chi connectivity index (χ1) is 16.9. The van der Waals surface area contributed by atoms with Crippen LogP contribution < -0.4 is 10.6 Å². The normalized spacial score (nSPS) is 14.7. The minimum Gasteiger partial charge on any atom is -0.328 e. The predicted molar refractivity (Wildman–Crippen MR) is 128 cm³/mol. The number of para-hydroxylation sites is 2. The summed E-state index contributed by atoms with van der Waals surface area (Å²) in [5.74, 6) is -0.241. The molecule has 5 rings (SSSR count). The van der Waals surface area contributed by atoms with Gasteiger partial charge in [0, 0.05) is 23.0 Å². The molecule has 0 bridgehead atoms. The second-order valence-electron chi connectivity index (χ2n) is 7.91. The third kappa shape index (κ3) is 4.12. The van der Waals surface area contributed by atoms with Gasteiger partial charge < -0.3 is 10.6 Å². The number of allylic oxidation sites excluding steroid dienone is 1. The summed E-state index contributed by atoms with van der Waals surface area (Å²) in [7, 11) is 0. The summed E-state index contributed by atoms with van der Waals surface area (Å²) in [5, 5.41) is 22.4. The van der Waals surface area contributed by atoms with Gasteiger partial charge in [0.05, 0.1) is 16.1 Å². The zero-order valence-electron chi connectivity index (χ0n) is 18.5. The molecule has 0 radical (unpaired) electrons. The molecule has 0 saturated heterocycles. The highest BCUT2D eigenvalue weighted by Gasteiger charge is 2.37. The molecule has 0 spiro atoms. The second kappa shape index (κ2) is 8.82. The van der Waals surface area contributed by atoms with Gasteiger partial charge in [-0.2, -0.15) is 4.98 Å². The van der Waals surface area contributed by atoms with E-state index < -0.39 is 22.7 Å². The minimum atomic E-state index is -0.932. The van der Waals surface area contributed by atoms with Crippen molar-refractivity contribution in [1.82, 2.24) is 14.8 Å². The number of carbonyl (C=O) groups excluding carboxylic acids is 1. The van der Waals surface area contributed by atoms with Gasteiger partial charge in [-0.15, -0.1) is 5.10 Å². The average Bonchev–Trinajstić information content (AvgIpc) is 3.27. The fourth-order valence-corrected chi connectivity index (χ4v) is 4.06. The van der Waals surface area contributed by atoms with Crippen molar-refractivity contribution in [3.05, 3.63) is 112 Å². The molecule has 9 nitrogen and oxygen atoms in total. The topological polar surface area (TPSA) is 115 Å². The van der Waals surface area contributed by atoms with E-state index in [4.69, 9.17) is 0 Å². The summed E-state index contributed by atoms with van der Waals surface area (Å²) in [6.07, 6.45) is 0. The fourth-order valence-electron chi connectivity index (χ4n) is 4.06. The van der Waals surface area contributed by atoms with E-state index in [9.17, 15) is 19.3 Å². The highest BCUT2D eigenvalue weighted by molar-refractivity contribution is 6.06. The number of carbonyl (C=O) groups is 1. The van der Waals surface area contributed by atoms with Crippen LogP contribution >= 0.6 is 0 Å². The molecule has 4 aromatic rings. The maximum absolute atomic E-state index is 13.5.